The van der Waals surface area contributed by atoms with Crippen molar-refractivity contribution in [1.82, 2.24) is 24.2 Å². The Balaban J connectivity index is 1.42. The fraction of sp³-hybridized carbons (Fsp3) is 0.588. The molecular formula is C17H23N5O2. The molecule has 4 rings (SSSR count). The monoisotopic (exact) mass is 329 g/mol. The lowest BCUT2D eigenvalue weighted by molar-refractivity contribution is -0.138. The number of aryl methyl sites for hydroxylation is 3. The molecule has 0 saturated carbocycles. The largest absolute Gasteiger partial charge is 0.368 e. The molecule has 0 radical (unpaired) electrons. The van der Waals surface area contributed by atoms with Crippen molar-refractivity contribution in [3.05, 3.63) is 35.7 Å². The topological polar surface area (TPSA) is 65.2 Å². The SMILES string of the molecule is Cn1nccc1C1CN(C(=O)Cc2cn3c(n2)CCCC3)CCO1. The minimum Gasteiger partial charge on any atom is -0.368 e. The molecule has 0 N–H and O–H groups in total. The second-order valence-corrected chi connectivity index (χ2v) is 6.55. The Labute approximate surface area is 141 Å². The van der Waals surface area contributed by atoms with E-state index in [2.05, 4.69) is 14.6 Å². The Morgan fingerprint density at radius 3 is 3.08 bits per heavy atom. The van der Waals surface area contributed by atoms with E-state index in [9.17, 15) is 4.79 Å². The van der Waals surface area contributed by atoms with Crippen molar-refractivity contribution < 1.29 is 9.53 Å². The van der Waals surface area contributed by atoms with Gasteiger partial charge in [0, 0.05) is 39.0 Å². The van der Waals surface area contributed by atoms with Crippen LogP contribution in [0.5, 0.6) is 0 Å². The standard InChI is InChI=1S/C17H23N5O2/c1-20-14(5-6-18-20)15-12-22(8-9-24-15)17(23)10-13-11-21-7-3-2-4-16(21)19-13/h5-6,11,15H,2-4,7-10,12H2,1H3. The van der Waals surface area contributed by atoms with Crippen molar-refractivity contribution in [1.29, 1.82) is 0 Å². The summed E-state index contributed by atoms with van der Waals surface area (Å²) >= 11 is 0. The molecule has 0 aliphatic carbocycles. The van der Waals surface area contributed by atoms with E-state index in [0.29, 0.717) is 26.1 Å². The van der Waals surface area contributed by atoms with Crippen LogP contribution >= 0.6 is 0 Å². The highest BCUT2D eigenvalue weighted by Gasteiger charge is 2.27. The van der Waals surface area contributed by atoms with Crippen LogP contribution in [0.4, 0.5) is 0 Å². The lowest BCUT2D eigenvalue weighted by Crippen LogP contribution is -2.43. The van der Waals surface area contributed by atoms with Gasteiger partial charge in [0.05, 0.1) is 31.0 Å². The third kappa shape index (κ3) is 2.96. The van der Waals surface area contributed by atoms with Gasteiger partial charge in [0.2, 0.25) is 5.91 Å². The molecule has 128 valence electrons. The van der Waals surface area contributed by atoms with Crippen LogP contribution in [0.15, 0.2) is 18.5 Å². The van der Waals surface area contributed by atoms with Crippen molar-refractivity contribution in [3.63, 3.8) is 0 Å². The van der Waals surface area contributed by atoms with Crippen LogP contribution in [0, 0.1) is 0 Å². The third-order valence-corrected chi connectivity index (χ3v) is 4.90. The van der Waals surface area contributed by atoms with Gasteiger partial charge in [-0.15, -0.1) is 0 Å². The van der Waals surface area contributed by atoms with E-state index in [4.69, 9.17) is 4.74 Å². The number of aromatic nitrogens is 4. The molecule has 24 heavy (non-hydrogen) atoms. The van der Waals surface area contributed by atoms with Crippen molar-refractivity contribution >= 4 is 5.91 Å². The van der Waals surface area contributed by atoms with Crippen LogP contribution in [0.25, 0.3) is 0 Å². The molecule has 0 aromatic carbocycles. The zero-order valence-electron chi connectivity index (χ0n) is 14.0. The molecule has 1 unspecified atom stereocenters. The van der Waals surface area contributed by atoms with Gasteiger partial charge in [0.25, 0.3) is 0 Å². The Bertz CT molecular complexity index is 712. The first kappa shape index (κ1) is 15.4. The quantitative estimate of drug-likeness (QED) is 0.846. The molecule has 1 amide bonds. The molecule has 2 aliphatic rings. The summed E-state index contributed by atoms with van der Waals surface area (Å²) in [5.74, 6) is 1.25. The molecule has 2 aliphatic heterocycles. The predicted octanol–water partition coefficient (Wildman–Crippen LogP) is 1.10. The maximum Gasteiger partial charge on any atom is 0.228 e. The summed E-state index contributed by atoms with van der Waals surface area (Å²) in [6.45, 7) is 2.80. The molecular weight excluding hydrogens is 306 g/mol. The lowest BCUT2D eigenvalue weighted by Gasteiger charge is -2.32. The summed E-state index contributed by atoms with van der Waals surface area (Å²) in [4.78, 5) is 19.2. The van der Waals surface area contributed by atoms with Crippen LogP contribution in [0.1, 0.15) is 36.2 Å². The van der Waals surface area contributed by atoms with Crippen LogP contribution < -0.4 is 0 Å². The summed E-state index contributed by atoms with van der Waals surface area (Å²) in [5.41, 5.74) is 1.89. The first-order chi connectivity index (χ1) is 11.7. The van der Waals surface area contributed by atoms with E-state index < -0.39 is 0 Å². The molecule has 7 heteroatoms. The summed E-state index contributed by atoms with van der Waals surface area (Å²) in [5, 5.41) is 4.19. The fourth-order valence-corrected chi connectivity index (χ4v) is 3.58. The molecule has 4 heterocycles. The predicted molar refractivity (Wildman–Crippen MR) is 87.4 cm³/mol. The minimum atomic E-state index is -0.106. The summed E-state index contributed by atoms with van der Waals surface area (Å²) in [7, 11) is 1.90. The van der Waals surface area contributed by atoms with Crippen molar-refractivity contribution in [2.45, 2.75) is 38.3 Å². The van der Waals surface area contributed by atoms with Gasteiger partial charge in [-0.1, -0.05) is 0 Å². The average Bonchev–Trinajstić information content (AvgIpc) is 3.20. The second-order valence-electron chi connectivity index (χ2n) is 6.55. The minimum absolute atomic E-state index is 0.106. The maximum absolute atomic E-state index is 12.7. The zero-order valence-corrected chi connectivity index (χ0v) is 14.0. The van der Waals surface area contributed by atoms with E-state index >= 15 is 0 Å². The Kier molecular flexibility index (Phi) is 4.10. The average molecular weight is 329 g/mol. The van der Waals surface area contributed by atoms with Crippen molar-refractivity contribution in [3.8, 4) is 0 Å². The summed E-state index contributed by atoms with van der Waals surface area (Å²) < 4.78 is 9.83. The number of imidazole rings is 1. The van der Waals surface area contributed by atoms with Gasteiger partial charge in [-0.25, -0.2) is 4.98 Å². The van der Waals surface area contributed by atoms with Crippen LogP contribution in [0.3, 0.4) is 0 Å². The normalized spacial score (nSPS) is 20.9. The van der Waals surface area contributed by atoms with Crippen LogP contribution in [0.2, 0.25) is 0 Å². The highest BCUT2D eigenvalue weighted by molar-refractivity contribution is 5.78. The Morgan fingerprint density at radius 2 is 2.29 bits per heavy atom. The molecule has 1 saturated heterocycles. The first-order valence-electron chi connectivity index (χ1n) is 8.63. The maximum atomic E-state index is 12.7. The number of amides is 1. The molecule has 7 nitrogen and oxygen atoms in total. The van der Waals surface area contributed by atoms with Gasteiger partial charge in [-0.05, 0) is 18.9 Å². The van der Waals surface area contributed by atoms with Crippen LogP contribution in [-0.4, -0.2) is 49.8 Å². The number of hydrogen-bond acceptors (Lipinski definition) is 4. The number of fused-ring (bicyclic) bond motifs is 1. The highest BCUT2D eigenvalue weighted by Crippen LogP contribution is 2.22. The van der Waals surface area contributed by atoms with Crippen LogP contribution in [-0.2, 0) is 36.0 Å². The lowest BCUT2D eigenvalue weighted by atomic mass is 10.2. The van der Waals surface area contributed by atoms with Gasteiger partial charge < -0.3 is 14.2 Å². The zero-order chi connectivity index (χ0) is 16.5. The molecule has 2 aromatic rings. The molecule has 1 atom stereocenters. The first-order valence-corrected chi connectivity index (χ1v) is 8.63. The van der Waals surface area contributed by atoms with Gasteiger partial charge >= 0.3 is 0 Å². The summed E-state index contributed by atoms with van der Waals surface area (Å²) in [6, 6.07) is 1.95. The highest BCUT2D eigenvalue weighted by atomic mass is 16.5. The Morgan fingerprint density at radius 1 is 1.38 bits per heavy atom. The van der Waals surface area contributed by atoms with E-state index in [1.165, 1.54) is 12.8 Å². The summed E-state index contributed by atoms with van der Waals surface area (Å²) in [6.07, 6.45) is 7.49. The second kappa shape index (κ2) is 6.39. The number of morpholine rings is 1. The number of carbonyl (C=O) groups excluding carboxylic acids is 1. The number of hydrogen-bond donors (Lipinski definition) is 0. The van der Waals surface area contributed by atoms with Gasteiger partial charge in [-0.2, -0.15) is 5.10 Å². The molecule has 1 fully saturated rings. The van der Waals surface area contributed by atoms with Gasteiger partial charge in [0.1, 0.15) is 11.9 Å². The number of rotatable bonds is 3. The van der Waals surface area contributed by atoms with Crippen molar-refractivity contribution in [2.75, 3.05) is 19.7 Å². The van der Waals surface area contributed by atoms with Gasteiger partial charge in [-0.3, -0.25) is 9.48 Å². The van der Waals surface area contributed by atoms with E-state index in [-0.39, 0.29) is 12.0 Å². The number of ether oxygens (including phenoxy) is 1. The fourth-order valence-electron chi connectivity index (χ4n) is 3.58. The number of nitrogens with zero attached hydrogens (tertiary/aromatic N) is 5. The van der Waals surface area contributed by atoms with Gasteiger partial charge in [0.15, 0.2) is 0 Å². The molecule has 0 bridgehead atoms. The van der Waals surface area contributed by atoms with E-state index in [0.717, 1.165) is 30.2 Å². The van der Waals surface area contributed by atoms with E-state index in [1.54, 1.807) is 6.20 Å². The third-order valence-electron chi connectivity index (χ3n) is 4.90. The van der Waals surface area contributed by atoms with E-state index in [1.807, 2.05) is 28.9 Å². The molecule has 2 aromatic heterocycles. The van der Waals surface area contributed by atoms with Crippen molar-refractivity contribution in [2.24, 2.45) is 7.05 Å². The number of carbonyl (C=O) groups is 1. The smallest absolute Gasteiger partial charge is 0.228 e. The Hall–Kier alpha value is -2.15. The molecule has 0 spiro atoms.